The van der Waals surface area contributed by atoms with Crippen LogP contribution in [0.2, 0.25) is 0 Å². The van der Waals surface area contributed by atoms with Gasteiger partial charge in [0, 0.05) is 58.2 Å². The number of piperazine rings is 1. The quantitative estimate of drug-likeness (QED) is 0.316. The second-order valence-electron chi connectivity index (χ2n) is 10.6. The number of anilines is 1. The number of aromatic nitrogens is 1. The Hall–Kier alpha value is -2.75. The van der Waals surface area contributed by atoms with Gasteiger partial charge in [-0.05, 0) is 51.0 Å². The largest absolute Gasteiger partial charge is 0.444 e. The summed E-state index contributed by atoms with van der Waals surface area (Å²) in [5.41, 5.74) is 4.04. The van der Waals surface area contributed by atoms with Crippen LogP contribution in [0.5, 0.6) is 0 Å². The Kier molecular flexibility index (Phi) is 9.23. The number of hydrogen-bond acceptors (Lipinski definition) is 7. The number of aryl methyl sites for hydroxylation is 1. The first-order valence-corrected chi connectivity index (χ1v) is 14.2. The van der Waals surface area contributed by atoms with E-state index in [9.17, 15) is 4.79 Å². The molecule has 0 atom stereocenters. The molecule has 3 aliphatic rings. The third kappa shape index (κ3) is 6.81. The Bertz CT molecular complexity index is 1280. The number of carbonyl (C=O) groups is 1. The molecule has 0 unspecified atom stereocenters. The highest BCUT2D eigenvalue weighted by Gasteiger charge is 2.26. The number of hydrogen-bond donors (Lipinski definition) is 0. The molecule has 1 amide bonds. The third-order valence-electron chi connectivity index (χ3n) is 6.71. The van der Waals surface area contributed by atoms with Gasteiger partial charge in [-0.2, -0.15) is 0 Å². The second-order valence-corrected chi connectivity index (χ2v) is 11.7. The second kappa shape index (κ2) is 12.4. The summed E-state index contributed by atoms with van der Waals surface area (Å²) >= 11 is 1.79. The van der Waals surface area contributed by atoms with Gasteiger partial charge in [0.05, 0.1) is 20.8 Å². The van der Waals surface area contributed by atoms with Crippen molar-refractivity contribution in [2.24, 2.45) is 0 Å². The van der Waals surface area contributed by atoms with E-state index in [-0.39, 0.29) is 6.09 Å². The number of amides is 1. The lowest BCUT2D eigenvalue weighted by atomic mass is 10.1. The van der Waals surface area contributed by atoms with Crippen molar-refractivity contribution >= 4 is 33.3 Å². The molecular weight excluding hydrogens is 500 g/mol. The molecule has 1 aromatic carbocycles. The maximum absolute atomic E-state index is 12.5. The Balaban J connectivity index is 1.65. The van der Waals surface area contributed by atoms with Crippen LogP contribution in [0.3, 0.4) is 0 Å². The van der Waals surface area contributed by atoms with Gasteiger partial charge in [-0.15, -0.1) is 11.3 Å². The van der Waals surface area contributed by atoms with E-state index >= 15 is 0 Å². The van der Waals surface area contributed by atoms with Crippen LogP contribution in [0.15, 0.2) is 30.3 Å². The summed E-state index contributed by atoms with van der Waals surface area (Å²) in [5.74, 6) is 0. The van der Waals surface area contributed by atoms with Crippen LogP contribution in [-0.4, -0.2) is 88.3 Å². The fourth-order valence-electron chi connectivity index (χ4n) is 4.67. The minimum Gasteiger partial charge on any atom is -0.444 e. The molecule has 38 heavy (non-hydrogen) atoms. The Labute approximate surface area is 229 Å². The van der Waals surface area contributed by atoms with Gasteiger partial charge in [0.1, 0.15) is 18.8 Å². The van der Waals surface area contributed by atoms with E-state index in [1.54, 1.807) is 25.6 Å². The summed E-state index contributed by atoms with van der Waals surface area (Å²) in [6, 6.07) is 11.0. The van der Waals surface area contributed by atoms with Crippen LogP contribution in [0.4, 0.5) is 10.5 Å². The predicted octanol–water partition coefficient (Wildman–Crippen LogP) is 4.09. The maximum Gasteiger partial charge on any atom is 0.410 e. The number of nitrogens with zero attached hydrogens (tertiary/aromatic N) is 4. The van der Waals surface area contributed by atoms with Crippen molar-refractivity contribution in [3.05, 3.63) is 41.3 Å². The van der Waals surface area contributed by atoms with E-state index in [0.29, 0.717) is 26.3 Å². The van der Waals surface area contributed by atoms with E-state index in [1.165, 1.54) is 16.0 Å². The molecule has 1 aliphatic carbocycles. The summed E-state index contributed by atoms with van der Waals surface area (Å²) in [6.45, 7) is 13.7. The normalized spacial score (nSPS) is 14.4. The summed E-state index contributed by atoms with van der Waals surface area (Å²) < 4.78 is 19.7. The van der Waals surface area contributed by atoms with Crippen molar-refractivity contribution in [2.75, 3.05) is 71.6 Å². The van der Waals surface area contributed by atoms with E-state index in [2.05, 4.69) is 46.7 Å². The zero-order valence-corrected chi connectivity index (χ0v) is 24.4. The van der Waals surface area contributed by atoms with Crippen molar-refractivity contribution in [3.8, 4) is 10.6 Å². The first-order valence-electron chi connectivity index (χ1n) is 13.4. The van der Waals surface area contributed by atoms with Crippen LogP contribution >= 0.6 is 11.3 Å². The third-order valence-corrected chi connectivity index (χ3v) is 7.79. The molecule has 1 saturated heterocycles. The standard InChI is InChI=1S/C29H41N4O4S/c1-7-21-18-23(31-10-12-33(13-11-31)28(34)37-29(2,3)4)20-26-27(21)30-24-9-8-22(19-25(24)38-26)32(14-16-35-5)15-17-36-6/h8-9,18-20H,7,10-17H2,1-6H3/q+1. The lowest BCUT2D eigenvalue weighted by Gasteiger charge is -2.37. The molecule has 8 nitrogen and oxygen atoms in total. The molecule has 2 aliphatic heterocycles. The van der Waals surface area contributed by atoms with Crippen LogP contribution in [0, 0.1) is 0 Å². The van der Waals surface area contributed by atoms with Crippen LogP contribution in [0.1, 0.15) is 33.3 Å². The lowest BCUT2D eigenvalue weighted by molar-refractivity contribution is 0.0240. The van der Waals surface area contributed by atoms with Crippen LogP contribution in [0.25, 0.3) is 20.8 Å². The average molecular weight is 542 g/mol. The van der Waals surface area contributed by atoms with Gasteiger partial charge in [0.15, 0.2) is 13.1 Å². The molecule has 9 heteroatoms. The average Bonchev–Trinajstić information content (AvgIpc) is 2.90. The van der Waals surface area contributed by atoms with Crippen molar-refractivity contribution in [1.29, 1.82) is 0 Å². The number of rotatable bonds is 8. The lowest BCUT2D eigenvalue weighted by Crippen LogP contribution is -2.50. The maximum atomic E-state index is 12.5. The number of carbonyl (C=O) groups excluding carboxylic acids is 1. The molecule has 0 aromatic heterocycles. The minimum atomic E-state index is -0.482. The molecule has 0 N–H and O–H groups in total. The molecule has 0 bridgehead atoms. The molecule has 1 fully saturated rings. The highest BCUT2D eigenvalue weighted by molar-refractivity contribution is 7.21. The molecule has 1 aromatic rings. The monoisotopic (exact) mass is 541 g/mol. The minimum absolute atomic E-state index is 0.233. The van der Waals surface area contributed by atoms with E-state index in [0.717, 1.165) is 54.0 Å². The summed E-state index contributed by atoms with van der Waals surface area (Å²) in [5, 5.41) is 1.15. The van der Waals surface area contributed by atoms with Crippen molar-refractivity contribution in [1.82, 2.24) is 14.5 Å². The van der Waals surface area contributed by atoms with Gasteiger partial charge in [0.25, 0.3) is 0 Å². The van der Waals surface area contributed by atoms with Gasteiger partial charge < -0.3 is 24.0 Å². The van der Waals surface area contributed by atoms with Gasteiger partial charge in [-0.1, -0.05) is 6.92 Å². The Morgan fingerprint density at radius 1 is 1.03 bits per heavy atom. The van der Waals surface area contributed by atoms with Gasteiger partial charge >= 0.3 is 6.09 Å². The fourth-order valence-corrected chi connectivity index (χ4v) is 5.75. The number of fused-ring (bicyclic) bond motifs is 2. The first kappa shape index (κ1) is 28.3. The van der Waals surface area contributed by atoms with E-state index < -0.39 is 5.60 Å². The van der Waals surface area contributed by atoms with Crippen molar-refractivity contribution in [2.45, 2.75) is 39.7 Å². The Morgan fingerprint density at radius 2 is 1.71 bits per heavy atom. The van der Waals surface area contributed by atoms with Gasteiger partial charge in [-0.3, -0.25) is 0 Å². The predicted molar refractivity (Wildman–Crippen MR) is 154 cm³/mol. The van der Waals surface area contributed by atoms with Gasteiger partial charge in [-0.25, -0.2) is 14.4 Å². The van der Waals surface area contributed by atoms with Crippen LogP contribution < -0.4 is 14.8 Å². The molecule has 2 heterocycles. The number of methoxy groups -OCH3 is 2. The topological polar surface area (TPSA) is 67.1 Å². The SMILES string of the molecule is CCc1cc(N2CCN(C(=O)OC(C)(C)C)CC2)cc2sc3cc(=[N+](CCOC)CCOC)ccc-3nc12. The van der Waals surface area contributed by atoms with E-state index in [1.807, 2.05) is 25.7 Å². The molecule has 0 spiro atoms. The van der Waals surface area contributed by atoms with Gasteiger partial charge in [0.2, 0.25) is 5.36 Å². The first-order chi connectivity index (χ1) is 18.2. The molecule has 0 radical (unpaired) electrons. The highest BCUT2D eigenvalue weighted by atomic mass is 32.1. The van der Waals surface area contributed by atoms with Crippen molar-refractivity contribution in [3.63, 3.8) is 0 Å². The fraction of sp³-hybridized carbons (Fsp3) is 0.552. The number of ether oxygens (including phenoxy) is 3. The highest BCUT2D eigenvalue weighted by Crippen LogP contribution is 2.34. The molecule has 0 saturated carbocycles. The summed E-state index contributed by atoms with van der Waals surface area (Å²) in [4.78, 5) is 22.9. The molecule has 4 rings (SSSR count). The van der Waals surface area contributed by atoms with Crippen LogP contribution in [-0.2, 0) is 20.6 Å². The Morgan fingerprint density at radius 3 is 2.32 bits per heavy atom. The zero-order chi connectivity index (χ0) is 27.3. The van der Waals surface area contributed by atoms with Crippen molar-refractivity contribution < 1.29 is 19.0 Å². The molecular formula is C29H41N4O4S+. The summed E-state index contributed by atoms with van der Waals surface area (Å²) in [7, 11) is 3.46. The number of benzene rings is 2. The molecule has 206 valence electrons. The zero-order valence-electron chi connectivity index (χ0n) is 23.6. The smallest absolute Gasteiger partial charge is 0.410 e. The summed E-state index contributed by atoms with van der Waals surface area (Å²) in [6.07, 6.45) is 0.677. The van der Waals surface area contributed by atoms with E-state index in [4.69, 9.17) is 19.2 Å².